The van der Waals surface area contributed by atoms with E-state index in [1.54, 1.807) is 13.0 Å². The van der Waals surface area contributed by atoms with Crippen molar-refractivity contribution < 1.29 is 24.5 Å². The van der Waals surface area contributed by atoms with Gasteiger partial charge in [-0.1, -0.05) is 6.07 Å². The minimum Gasteiger partial charge on any atom is -0.504 e. The van der Waals surface area contributed by atoms with Gasteiger partial charge in [-0.2, -0.15) is 0 Å². The number of carboxylic acids is 1. The van der Waals surface area contributed by atoms with E-state index in [0.717, 1.165) is 38.8 Å². The minimum atomic E-state index is -0.743. The lowest BCUT2D eigenvalue weighted by Crippen LogP contribution is -2.68. The number of amides is 1. The molecule has 7 nitrogen and oxygen atoms in total. The fourth-order valence-corrected chi connectivity index (χ4v) is 6.75. The van der Waals surface area contributed by atoms with Crippen LogP contribution in [0.4, 0.5) is 0 Å². The first-order chi connectivity index (χ1) is 13.9. The van der Waals surface area contributed by atoms with Crippen LogP contribution in [0.3, 0.4) is 0 Å². The molecule has 2 heterocycles. The molecule has 1 amide bonds. The van der Waals surface area contributed by atoms with Gasteiger partial charge in [0.1, 0.15) is 6.10 Å². The van der Waals surface area contributed by atoms with Crippen LogP contribution in [0.5, 0.6) is 11.5 Å². The maximum atomic E-state index is 11.8. The number of likely N-dealkylation sites (tertiary alicyclic amines) is 1. The molecule has 3 unspecified atom stereocenters. The summed E-state index contributed by atoms with van der Waals surface area (Å²) in [5.74, 6) is 0.411. The monoisotopic (exact) mass is 400 g/mol. The van der Waals surface area contributed by atoms with Gasteiger partial charge < -0.3 is 20.3 Å². The van der Waals surface area contributed by atoms with Crippen molar-refractivity contribution in [2.45, 2.75) is 69.1 Å². The van der Waals surface area contributed by atoms with Crippen LogP contribution in [0.15, 0.2) is 12.1 Å². The summed E-state index contributed by atoms with van der Waals surface area (Å²) in [6, 6.07) is 4.04. The Kier molecular flexibility index (Phi) is 4.28. The Morgan fingerprint density at radius 2 is 2.17 bits per heavy atom. The molecule has 29 heavy (non-hydrogen) atoms. The number of carbonyl (C=O) groups is 2. The maximum absolute atomic E-state index is 11.8. The quantitative estimate of drug-likeness (QED) is 0.697. The highest BCUT2D eigenvalue weighted by molar-refractivity contribution is 5.73. The number of rotatable bonds is 5. The van der Waals surface area contributed by atoms with Crippen molar-refractivity contribution >= 4 is 11.9 Å². The van der Waals surface area contributed by atoms with E-state index in [1.807, 2.05) is 6.07 Å². The Morgan fingerprint density at radius 1 is 1.34 bits per heavy atom. The molecule has 2 fully saturated rings. The van der Waals surface area contributed by atoms with E-state index in [4.69, 9.17) is 9.84 Å². The average molecular weight is 400 g/mol. The van der Waals surface area contributed by atoms with Gasteiger partial charge in [0.05, 0.1) is 6.04 Å². The number of aliphatic carboxylic acids is 1. The van der Waals surface area contributed by atoms with Crippen LogP contribution in [0, 0.1) is 5.92 Å². The number of aromatic hydroxyl groups is 1. The van der Waals surface area contributed by atoms with E-state index in [-0.39, 0.29) is 35.6 Å². The molecule has 0 radical (unpaired) electrons. The minimum absolute atomic E-state index is 0.0488. The van der Waals surface area contributed by atoms with Crippen molar-refractivity contribution in [3.05, 3.63) is 23.3 Å². The van der Waals surface area contributed by atoms with Crippen LogP contribution in [0.1, 0.15) is 50.2 Å². The second-order valence-corrected chi connectivity index (χ2v) is 9.07. The molecule has 1 aromatic rings. The molecule has 1 spiro atoms. The van der Waals surface area contributed by atoms with Crippen LogP contribution < -0.4 is 10.1 Å². The highest BCUT2D eigenvalue weighted by atomic mass is 16.5. The molecule has 7 heteroatoms. The summed E-state index contributed by atoms with van der Waals surface area (Å²) in [6.07, 6.45) is 4.38. The zero-order chi connectivity index (χ0) is 20.3. The Balaban J connectivity index is 1.53. The first-order valence-corrected chi connectivity index (χ1v) is 10.7. The van der Waals surface area contributed by atoms with Gasteiger partial charge in [0.2, 0.25) is 5.91 Å². The summed E-state index contributed by atoms with van der Waals surface area (Å²) in [7, 11) is 0. The lowest BCUT2D eigenvalue weighted by molar-refractivity contribution is -0.137. The van der Waals surface area contributed by atoms with E-state index in [1.165, 1.54) is 11.1 Å². The summed E-state index contributed by atoms with van der Waals surface area (Å²) < 4.78 is 6.41. The summed E-state index contributed by atoms with van der Waals surface area (Å²) in [4.78, 5) is 25.3. The van der Waals surface area contributed by atoms with Gasteiger partial charge in [0.25, 0.3) is 0 Å². The predicted octanol–water partition coefficient (Wildman–Crippen LogP) is 1.80. The number of hydrogen-bond acceptors (Lipinski definition) is 5. The lowest BCUT2D eigenvalue weighted by atomic mass is 9.51. The molecular weight excluding hydrogens is 372 g/mol. The number of piperidine rings is 1. The number of ether oxygens (including phenoxy) is 1. The van der Waals surface area contributed by atoms with Gasteiger partial charge >= 0.3 is 5.97 Å². The Bertz CT molecular complexity index is 871. The number of hydrogen-bond donors (Lipinski definition) is 3. The molecule has 0 aromatic heterocycles. The molecule has 1 saturated carbocycles. The smallest absolute Gasteiger partial charge is 0.303 e. The number of carboxylic acid groups (broad SMARTS) is 1. The van der Waals surface area contributed by atoms with Crippen molar-refractivity contribution in [2.24, 2.45) is 5.92 Å². The van der Waals surface area contributed by atoms with Gasteiger partial charge in [0, 0.05) is 30.4 Å². The number of phenolic OH excluding ortho intramolecular Hbond substituents is 1. The van der Waals surface area contributed by atoms with E-state index in [2.05, 4.69) is 10.2 Å². The molecular formula is C22H28N2O5. The molecule has 156 valence electrons. The van der Waals surface area contributed by atoms with E-state index >= 15 is 0 Å². The molecule has 5 atom stereocenters. The van der Waals surface area contributed by atoms with Crippen molar-refractivity contribution in [2.75, 3.05) is 13.1 Å². The fraction of sp³-hybridized carbons (Fsp3) is 0.636. The zero-order valence-electron chi connectivity index (χ0n) is 16.7. The van der Waals surface area contributed by atoms with Crippen molar-refractivity contribution in [1.82, 2.24) is 10.2 Å². The number of phenols is 1. The van der Waals surface area contributed by atoms with Crippen LogP contribution in [-0.4, -0.2) is 58.3 Å². The Labute approximate surface area is 170 Å². The maximum Gasteiger partial charge on any atom is 0.303 e. The third-order valence-electron chi connectivity index (χ3n) is 7.66. The number of benzene rings is 1. The zero-order valence-corrected chi connectivity index (χ0v) is 16.7. The largest absolute Gasteiger partial charge is 0.504 e. The number of nitrogens with zero attached hydrogens (tertiary/aromatic N) is 1. The van der Waals surface area contributed by atoms with Crippen molar-refractivity contribution in [3.8, 4) is 11.5 Å². The second kappa shape index (κ2) is 6.62. The summed E-state index contributed by atoms with van der Waals surface area (Å²) in [5.41, 5.74) is 2.22. The van der Waals surface area contributed by atoms with Gasteiger partial charge in [-0.3, -0.25) is 14.5 Å². The van der Waals surface area contributed by atoms with Crippen LogP contribution in [0.2, 0.25) is 0 Å². The van der Waals surface area contributed by atoms with Crippen molar-refractivity contribution in [1.29, 1.82) is 0 Å². The van der Waals surface area contributed by atoms with Gasteiger partial charge in [-0.25, -0.2) is 0 Å². The molecule has 2 aliphatic heterocycles. The van der Waals surface area contributed by atoms with E-state index in [0.29, 0.717) is 24.1 Å². The van der Waals surface area contributed by atoms with Gasteiger partial charge in [-0.15, -0.1) is 0 Å². The fourth-order valence-electron chi connectivity index (χ4n) is 6.75. The summed E-state index contributed by atoms with van der Waals surface area (Å²) in [6.45, 7) is 3.23. The standard InChI is InChI=1S/C22H28N2O5/c1-12(25)23-15-6-5-14-16-11-13-4-7-17(26)20-19(13)22(14,21(15)29-20)8-10-24(16)9-2-3-18(27)28/h4,7,14-16,21,26H,2-3,5-6,8-11H2,1H3,(H,23,25)(H,27,28)/t14?,15-,16?,21-,22?/m0/s1. The average Bonchev–Trinajstić information content (AvgIpc) is 3.01. The lowest BCUT2D eigenvalue weighted by Gasteiger charge is -2.59. The molecule has 2 aliphatic carbocycles. The number of nitrogens with one attached hydrogen (secondary N) is 1. The SMILES string of the molecule is CC(=O)N[C@H]1CCC2C3Cc4ccc(O)c5c4C2(CCN3CCCC(=O)O)[C@H]1O5. The van der Waals surface area contributed by atoms with Crippen molar-refractivity contribution in [3.63, 3.8) is 0 Å². The third-order valence-corrected chi connectivity index (χ3v) is 7.66. The first kappa shape index (κ1) is 18.7. The highest BCUT2D eigenvalue weighted by Crippen LogP contribution is 2.63. The molecule has 1 aromatic carbocycles. The molecule has 1 saturated heterocycles. The topological polar surface area (TPSA) is 99.1 Å². The third kappa shape index (κ3) is 2.66. The van der Waals surface area contributed by atoms with E-state index < -0.39 is 5.97 Å². The summed E-state index contributed by atoms with van der Waals surface area (Å²) in [5, 5.41) is 22.6. The van der Waals surface area contributed by atoms with E-state index in [9.17, 15) is 14.7 Å². The second-order valence-electron chi connectivity index (χ2n) is 9.07. The first-order valence-electron chi connectivity index (χ1n) is 10.7. The van der Waals surface area contributed by atoms with Gasteiger partial charge in [-0.05, 0) is 62.7 Å². The highest BCUT2D eigenvalue weighted by Gasteiger charge is 2.65. The molecule has 2 bridgehead atoms. The number of carbonyl (C=O) groups excluding carboxylic acids is 1. The van der Waals surface area contributed by atoms with Crippen LogP contribution in [0.25, 0.3) is 0 Å². The molecule has 4 aliphatic rings. The van der Waals surface area contributed by atoms with Gasteiger partial charge in [0.15, 0.2) is 11.5 Å². The Morgan fingerprint density at radius 3 is 2.93 bits per heavy atom. The summed E-state index contributed by atoms with van der Waals surface area (Å²) >= 11 is 0. The molecule has 5 rings (SSSR count). The Hall–Kier alpha value is -2.28. The molecule has 3 N–H and O–H groups in total. The van der Waals surface area contributed by atoms with Crippen LogP contribution in [-0.2, 0) is 21.4 Å². The van der Waals surface area contributed by atoms with Crippen LogP contribution >= 0.6 is 0 Å². The normalized spacial score (nSPS) is 34.2. The predicted molar refractivity (Wildman–Crippen MR) is 105 cm³/mol.